The second-order valence-corrected chi connectivity index (χ2v) is 7.20. The summed E-state index contributed by atoms with van der Waals surface area (Å²) in [6, 6.07) is 5.76. The molecule has 2 aliphatic rings. The molecule has 2 aliphatic carbocycles. The minimum absolute atomic E-state index is 0.00810. The molecule has 1 amide bonds. The molecule has 0 bridgehead atoms. The van der Waals surface area contributed by atoms with Crippen molar-refractivity contribution in [1.29, 1.82) is 0 Å². The summed E-state index contributed by atoms with van der Waals surface area (Å²) in [6.07, 6.45) is 5.18. The van der Waals surface area contributed by atoms with Gasteiger partial charge in [-0.05, 0) is 60.3 Å². The van der Waals surface area contributed by atoms with Crippen molar-refractivity contribution in [2.24, 2.45) is 11.3 Å². The molecule has 1 saturated carbocycles. The minimum Gasteiger partial charge on any atom is -0.508 e. The Labute approximate surface area is 126 Å². The first kappa shape index (κ1) is 14.4. The monoisotopic (exact) mass is 287 g/mol. The molecule has 1 aromatic carbocycles. The van der Waals surface area contributed by atoms with Crippen LogP contribution in [0.1, 0.15) is 50.7 Å². The van der Waals surface area contributed by atoms with Crippen LogP contribution in [0.5, 0.6) is 5.75 Å². The summed E-state index contributed by atoms with van der Waals surface area (Å²) in [4.78, 5) is 12.5. The molecule has 0 radical (unpaired) electrons. The number of hydrogen-bond acceptors (Lipinski definition) is 2. The third-order valence-corrected chi connectivity index (χ3v) is 6.09. The van der Waals surface area contributed by atoms with E-state index < -0.39 is 0 Å². The lowest BCUT2D eigenvalue weighted by Crippen LogP contribution is -2.54. The summed E-state index contributed by atoms with van der Waals surface area (Å²) in [5.41, 5.74) is 2.29. The zero-order valence-corrected chi connectivity index (χ0v) is 13.2. The summed E-state index contributed by atoms with van der Waals surface area (Å²) in [7, 11) is 1.74. The average molecular weight is 287 g/mol. The molecule has 1 aromatic rings. The van der Waals surface area contributed by atoms with E-state index in [0.29, 0.717) is 11.7 Å². The molecular formula is C18H25NO2. The van der Waals surface area contributed by atoms with Crippen molar-refractivity contribution >= 4 is 5.91 Å². The quantitative estimate of drug-likeness (QED) is 0.833. The molecule has 0 heterocycles. The van der Waals surface area contributed by atoms with E-state index in [1.807, 2.05) is 6.07 Å². The average Bonchev–Trinajstić information content (AvgIpc) is 2.46. The molecule has 2 N–H and O–H groups in total. The van der Waals surface area contributed by atoms with Crippen molar-refractivity contribution in [1.82, 2.24) is 5.32 Å². The van der Waals surface area contributed by atoms with Gasteiger partial charge in [0.15, 0.2) is 0 Å². The Hall–Kier alpha value is -1.51. The molecule has 0 spiro atoms. The van der Waals surface area contributed by atoms with Gasteiger partial charge in [-0.25, -0.2) is 0 Å². The number of fused-ring (bicyclic) bond motifs is 3. The number of carbonyl (C=O) groups is 1. The molecule has 3 rings (SSSR count). The summed E-state index contributed by atoms with van der Waals surface area (Å²) >= 11 is 0. The first-order chi connectivity index (χ1) is 9.91. The molecule has 1 fully saturated rings. The lowest BCUT2D eigenvalue weighted by Gasteiger charge is -2.54. The fourth-order valence-electron chi connectivity index (χ4n) is 5.01. The van der Waals surface area contributed by atoms with Gasteiger partial charge in [0, 0.05) is 7.05 Å². The van der Waals surface area contributed by atoms with Crippen LogP contribution in [0, 0.1) is 11.3 Å². The number of phenols is 1. The highest BCUT2D eigenvalue weighted by atomic mass is 16.3. The van der Waals surface area contributed by atoms with Gasteiger partial charge in [0.2, 0.25) is 5.91 Å². The van der Waals surface area contributed by atoms with Crippen LogP contribution in [0.3, 0.4) is 0 Å². The first-order valence-electron chi connectivity index (χ1n) is 7.96. The number of phenolic OH excluding ortho intramolecular Hbond substituents is 1. The van der Waals surface area contributed by atoms with Gasteiger partial charge in [-0.3, -0.25) is 4.79 Å². The Morgan fingerprint density at radius 1 is 1.33 bits per heavy atom. The van der Waals surface area contributed by atoms with Crippen molar-refractivity contribution in [3.63, 3.8) is 0 Å². The molecule has 114 valence electrons. The van der Waals surface area contributed by atoms with E-state index in [2.05, 4.69) is 25.2 Å². The van der Waals surface area contributed by atoms with Gasteiger partial charge in [-0.1, -0.05) is 26.3 Å². The van der Waals surface area contributed by atoms with Crippen LogP contribution in [-0.2, 0) is 16.6 Å². The summed E-state index contributed by atoms with van der Waals surface area (Å²) in [5, 5.41) is 12.8. The van der Waals surface area contributed by atoms with Crippen molar-refractivity contribution in [2.75, 3.05) is 7.05 Å². The topological polar surface area (TPSA) is 49.3 Å². The number of nitrogens with one attached hydrogen (secondary N) is 1. The maximum absolute atomic E-state index is 12.5. The van der Waals surface area contributed by atoms with Crippen molar-refractivity contribution in [3.8, 4) is 5.75 Å². The van der Waals surface area contributed by atoms with Crippen molar-refractivity contribution < 1.29 is 9.90 Å². The number of hydrogen-bond donors (Lipinski definition) is 2. The van der Waals surface area contributed by atoms with Gasteiger partial charge in [-0.15, -0.1) is 0 Å². The predicted octanol–water partition coefficient (Wildman–Crippen LogP) is 3.15. The fourth-order valence-corrected chi connectivity index (χ4v) is 5.01. The predicted molar refractivity (Wildman–Crippen MR) is 83.3 cm³/mol. The number of carbonyl (C=O) groups excluding carboxylic acids is 1. The van der Waals surface area contributed by atoms with Crippen molar-refractivity contribution in [3.05, 3.63) is 29.3 Å². The third-order valence-electron chi connectivity index (χ3n) is 6.09. The van der Waals surface area contributed by atoms with E-state index in [1.165, 1.54) is 11.1 Å². The van der Waals surface area contributed by atoms with E-state index in [0.717, 1.165) is 32.1 Å². The number of amides is 1. The standard InChI is InChI=1S/C18H25NO2/c1-17-9-4-10-18(2,16(21)19-3)15(17)8-6-12-5-7-13(20)11-14(12)17/h5,7,11,15,20H,4,6,8-10H2,1-3H3,(H,19,21)/t15-,17-,18+/m1/s1. The maximum Gasteiger partial charge on any atom is 0.225 e. The zero-order chi connectivity index (χ0) is 15.3. The SMILES string of the molecule is CNC(=O)[C@@]1(C)CCC[C@]2(C)c3cc(O)ccc3CC[C@@H]12. The number of rotatable bonds is 1. The van der Waals surface area contributed by atoms with Crippen LogP contribution < -0.4 is 5.32 Å². The number of aromatic hydroxyl groups is 1. The second-order valence-electron chi connectivity index (χ2n) is 7.20. The van der Waals surface area contributed by atoms with E-state index >= 15 is 0 Å². The number of aryl methyl sites for hydroxylation is 1. The van der Waals surface area contributed by atoms with Gasteiger partial charge in [0.05, 0.1) is 5.41 Å². The third kappa shape index (κ3) is 1.97. The molecule has 0 unspecified atom stereocenters. The molecular weight excluding hydrogens is 262 g/mol. The molecule has 0 saturated heterocycles. The summed E-state index contributed by atoms with van der Waals surface area (Å²) in [5.74, 6) is 0.845. The summed E-state index contributed by atoms with van der Waals surface area (Å²) in [6.45, 7) is 4.41. The molecule has 0 aliphatic heterocycles. The van der Waals surface area contributed by atoms with E-state index in [4.69, 9.17) is 0 Å². The fraction of sp³-hybridized carbons (Fsp3) is 0.611. The normalized spacial score (nSPS) is 34.7. The van der Waals surface area contributed by atoms with Crippen LogP contribution >= 0.6 is 0 Å². The van der Waals surface area contributed by atoms with Crippen LogP contribution in [-0.4, -0.2) is 18.1 Å². The minimum atomic E-state index is -0.301. The highest BCUT2D eigenvalue weighted by Gasteiger charge is 2.54. The van der Waals surface area contributed by atoms with E-state index in [1.54, 1.807) is 13.1 Å². The van der Waals surface area contributed by atoms with Crippen LogP contribution in [0.2, 0.25) is 0 Å². The second kappa shape index (κ2) is 4.75. The maximum atomic E-state index is 12.5. The lowest BCUT2D eigenvalue weighted by molar-refractivity contribution is -0.138. The lowest BCUT2D eigenvalue weighted by atomic mass is 9.49. The van der Waals surface area contributed by atoms with Gasteiger partial charge in [0.1, 0.15) is 5.75 Å². The molecule has 3 heteroatoms. The molecule has 0 aromatic heterocycles. The Kier molecular flexibility index (Phi) is 3.27. The van der Waals surface area contributed by atoms with E-state index in [-0.39, 0.29) is 16.7 Å². The van der Waals surface area contributed by atoms with Crippen LogP contribution in [0.25, 0.3) is 0 Å². The Bertz CT molecular complexity index is 583. The van der Waals surface area contributed by atoms with Crippen LogP contribution in [0.4, 0.5) is 0 Å². The van der Waals surface area contributed by atoms with Gasteiger partial charge >= 0.3 is 0 Å². The highest BCUT2D eigenvalue weighted by molar-refractivity contribution is 5.83. The Morgan fingerprint density at radius 2 is 2.10 bits per heavy atom. The molecule has 3 nitrogen and oxygen atoms in total. The van der Waals surface area contributed by atoms with Crippen molar-refractivity contribution in [2.45, 2.75) is 51.4 Å². The highest BCUT2D eigenvalue weighted by Crippen LogP contribution is 2.57. The first-order valence-corrected chi connectivity index (χ1v) is 7.96. The van der Waals surface area contributed by atoms with Gasteiger partial charge < -0.3 is 10.4 Å². The van der Waals surface area contributed by atoms with Gasteiger partial charge in [0.25, 0.3) is 0 Å². The largest absolute Gasteiger partial charge is 0.508 e. The Balaban J connectivity index is 2.10. The Morgan fingerprint density at radius 3 is 2.81 bits per heavy atom. The van der Waals surface area contributed by atoms with Crippen LogP contribution in [0.15, 0.2) is 18.2 Å². The summed E-state index contributed by atoms with van der Waals surface area (Å²) < 4.78 is 0. The van der Waals surface area contributed by atoms with E-state index in [9.17, 15) is 9.90 Å². The molecule has 21 heavy (non-hydrogen) atoms. The zero-order valence-electron chi connectivity index (χ0n) is 13.2. The number of benzene rings is 1. The smallest absolute Gasteiger partial charge is 0.225 e. The van der Waals surface area contributed by atoms with Gasteiger partial charge in [-0.2, -0.15) is 0 Å². The molecule has 3 atom stereocenters.